The molecule has 1 amide bonds. The second kappa shape index (κ2) is 5.74. The number of carbonyl (C=O) groups excluding carboxylic acids is 1. The molecule has 0 saturated carbocycles. The third-order valence-electron chi connectivity index (χ3n) is 1.39. The molecule has 1 unspecified atom stereocenters. The number of hydrogen-bond acceptors (Lipinski definition) is 3. The third kappa shape index (κ3) is 7.10. The quantitative estimate of drug-likeness (QED) is 0.411. The van der Waals surface area contributed by atoms with Gasteiger partial charge in [-0.05, 0) is 27.7 Å². The lowest BCUT2D eigenvalue weighted by Gasteiger charge is -2.22. The summed E-state index contributed by atoms with van der Waals surface area (Å²) in [5.74, 6) is -0.325. The van der Waals surface area contributed by atoms with Gasteiger partial charge < -0.3 is 16.8 Å². The van der Waals surface area contributed by atoms with Crippen molar-refractivity contribution in [3.05, 3.63) is 0 Å². The molecule has 0 aliphatic heterocycles. The van der Waals surface area contributed by atoms with Gasteiger partial charge in [-0.25, -0.2) is 0 Å². The predicted molar refractivity (Wildman–Crippen MR) is 68.5 cm³/mol. The first kappa shape index (κ1) is 14.8. The summed E-state index contributed by atoms with van der Waals surface area (Å²) in [7, 11) is 0. The zero-order chi connectivity index (χ0) is 12.9. The van der Waals surface area contributed by atoms with Crippen LogP contribution in [0.5, 0.6) is 0 Å². The normalized spacial score (nSPS) is 12.8. The Kier molecular flexibility index (Phi) is 5.29. The zero-order valence-electron chi connectivity index (χ0n) is 10.00. The van der Waals surface area contributed by atoms with Gasteiger partial charge in [0, 0.05) is 5.54 Å². The van der Waals surface area contributed by atoms with Gasteiger partial charge in [0.15, 0.2) is 11.1 Å². The number of aliphatic imine (C=N–C) groups is 1. The topological polar surface area (TPSA) is 117 Å². The van der Waals surface area contributed by atoms with Crippen molar-refractivity contribution in [1.29, 1.82) is 5.41 Å². The van der Waals surface area contributed by atoms with E-state index in [1.54, 1.807) is 6.92 Å². The van der Waals surface area contributed by atoms with Gasteiger partial charge >= 0.3 is 0 Å². The Hall–Kier alpha value is -1.24. The number of amides is 1. The van der Waals surface area contributed by atoms with Crippen molar-refractivity contribution in [3.8, 4) is 0 Å². The first-order valence-electron chi connectivity index (χ1n) is 4.78. The van der Waals surface area contributed by atoms with Gasteiger partial charge in [0.1, 0.15) is 0 Å². The van der Waals surface area contributed by atoms with Crippen LogP contribution in [-0.2, 0) is 4.79 Å². The lowest BCUT2D eigenvalue weighted by atomic mass is 10.1. The minimum absolute atomic E-state index is 0.0726. The number of amidine groups is 1. The number of carbonyl (C=O) groups is 1. The van der Waals surface area contributed by atoms with Crippen LogP contribution in [0.15, 0.2) is 4.99 Å². The number of thioether (sulfide) groups is 1. The Balaban J connectivity index is 4.27. The summed E-state index contributed by atoms with van der Waals surface area (Å²) in [6.07, 6.45) is 0. The molecule has 0 radical (unpaired) electrons. The van der Waals surface area contributed by atoms with Crippen LogP contribution in [0.25, 0.3) is 0 Å². The maximum absolute atomic E-state index is 11.6. The molecular formula is C9H19N5OS. The summed E-state index contributed by atoms with van der Waals surface area (Å²) in [6, 6.07) is 0. The van der Waals surface area contributed by atoms with Gasteiger partial charge in [-0.3, -0.25) is 10.2 Å². The van der Waals surface area contributed by atoms with E-state index in [1.807, 2.05) is 20.8 Å². The Morgan fingerprint density at radius 1 is 1.44 bits per heavy atom. The first-order chi connectivity index (χ1) is 7.11. The van der Waals surface area contributed by atoms with E-state index in [0.717, 1.165) is 11.8 Å². The van der Waals surface area contributed by atoms with E-state index < -0.39 is 5.25 Å². The number of guanidine groups is 1. The highest BCUT2D eigenvalue weighted by Gasteiger charge is 2.20. The molecule has 1 atom stereocenters. The van der Waals surface area contributed by atoms with Crippen LogP contribution in [0.2, 0.25) is 0 Å². The average Bonchev–Trinajstić information content (AvgIpc) is 1.98. The van der Waals surface area contributed by atoms with Gasteiger partial charge in [-0.1, -0.05) is 11.8 Å². The average molecular weight is 245 g/mol. The van der Waals surface area contributed by atoms with Crippen LogP contribution in [0.1, 0.15) is 27.7 Å². The molecule has 0 spiro atoms. The van der Waals surface area contributed by atoms with Crippen molar-refractivity contribution < 1.29 is 4.79 Å². The lowest BCUT2D eigenvalue weighted by molar-refractivity contribution is -0.121. The van der Waals surface area contributed by atoms with Crippen LogP contribution in [0, 0.1) is 5.41 Å². The number of nitrogens with zero attached hydrogens (tertiary/aromatic N) is 1. The van der Waals surface area contributed by atoms with Gasteiger partial charge in [-0.15, -0.1) is 0 Å². The van der Waals surface area contributed by atoms with Crippen molar-refractivity contribution in [3.63, 3.8) is 0 Å². The zero-order valence-corrected chi connectivity index (χ0v) is 10.8. The standard InChI is InChI=1S/C9H19N5OS/c1-5(6(15)14-9(2,3)4)16-8(12)13-7(10)11/h5H,1-4H3,(H,14,15)(H5,10,11,12,13). The van der Waals surface area contributed by atoms with Crippen molar-refractivity contribution in [2.24, 2.45) is 16.5 Å². The minimum atomic E-state index is -0.408. The molecule has 16 heavy (non-hydrogen) atoms. The van der Waals surface area contributed by atoms with Gasteiger partial charge in [-0.2, -0.15) is 4.99 Å². The number of hydrogen-bond donors (Lipinski definition) is 4. The lowest BCUT2D eigenvalue weighted by Crippen LogP contribution is -2.44. The second-order valence-corrected chi connectivity index (χ2v) is 5.67. The summed E-state index contributed by atoms with van der Waals surface area (Å²) < 4.78 is 0. The highest BCUT2D eigenvalue weighted by molar-refractivity contribution is 8.14. The molecule has 6 N–H and O–H groups in total. The van der Waals surface area contributed by atoms with E-state index in [-0.39, 0.29) is 22.6 Å². The molecule has 0 saturated heterocycles. The largest absolute Gasteiger partial charge is 0.370 e. The van der Waals surface area contributed by atoms with E-state index in [4.69, 9.17) is 16.9 Å². The summed E-state index contributed by atoms with van der Waals surface area (Å²) in [6.45, 7) is 7.37. The summed E-state index contributed by atoms with van der Waals surface area (Å²) in [5, 5.41) is 9.74. The highest BCUT2D eigenvalue weighted by atomic mass is 32.2. The van der Waals surface area contributed by atoms with Gasteiger partial charge in [0.05, 0.1) is 5.25 Å². The predicted octanol–water partition coefficient (Wildman–Crippen LogP) is 0.231. The SMILES string of the molecule is CC(SC(=N)N=C(N)N)C(=O)NC(C)(C)C. The fraction of sp³-hybridized carbons (Fsp3) is 0.667. The van der Waals surface area contributed by atoms with Crippen LogP contribution in [-0.4, -0.2) is 27.8 Å². The number of rotatable bonds is 2. The van der Waals surface area contributed by atoms with Crippen molar-refractivity contribution >= 4 is 28.8 Å². The molecule has 0 aliphatic rings. The third-order valence-corrected chi connectivity index (χ3v) is 2.27. The Morgan fingerprint density at radius 2 is 1.94 bits per heavy atom. The Morgan fingerprint density at radius 3 is 2.31 bits per heavy atom. The monoisotopic (exact) mass is 245 g/mol. The van der Waals surface area contributed by atoms with E-state index in [1.165, 1.54) is 0 Å². The minimum Gasteiger partial charge on any atom is -0.370 e. The van der Waals surface area contributed by atoms with E-state index >= 15 is 0 Å². The maximum Gasteiger partial charge on any atom is 0.233 e. The fourth-order valence-corrected chi connectivity index (χ4v) is 1.49. The molecule has 0 aromatic rings. The Bertz CT molecular complexity index is 304. The van der Waals surface area contributed by atoms with Crippen LogP contribution in [0.4, 0.5) is 0 Å². The summed E-state index contributed by atoms with van der Waals surface area (Å²) >= 11 is 1.00. The van der Waals surface area contributed by atoms with Crippen LogP contribution >= 0.6 is 11.8 Å². The van der Waals surface area contributed by atoms with E-state index in [9.17, 15) is 4.79 Å². The van der Waals surface area contributed by atoms with Crippen LogP contribution < -0.4 is 16.8 Å². The molecule has 0 aromatic heterocycles. The summed E-state index contributed by atoms with van der Waals surface area (Å²) in [5.41, 5.74) is 9.95. The molecule has 0 aromatic carbocycles. The van der Waals surface area contributed by atoms with Gasteiger partial charge in [0.25, 0.3) is 0 Å². The smallest absolute Gasteiger partial charge is 0.233 e. The van der Waals surface area contributed by atoms with Crippen molar-refractivity contribution in [2.75, 3.05) is 0 Å². The second-order valence-electron chi connectivity index (χ2n) is 4.34. The number of nitrogens with one attached hydrogen (secondary N) is 2. The molecular weight excluding hydrogens is 226 g/mol. The van der Waals surface area contributed by atoms with Gasteiger partial charge in [0.2, 0.25) is 5.91 Å². The summed E-state index contributed by atoms with van der Waals surface area (Å²) in [4.78, 5) is 15.2. The maximum atomic E-state index is 11.6. The molecule has 0 fully saturated rings. The molecule has 7 heteroatoms. The fourth-order valence-electron chi connectivity index (χ4n) is 0.836. The van der Waals surface area contributed by atoms with Crippen molar-refractivity contribution in [1.82, 2.24) is 5.32 Å². The molecule has 0 heterocycles. The molecule has 6 nitrogen and oxygen atoms in total. The van der Waals surface area contributed by atoms with E-state index in [0.29, 0.717) is 0 Å². The molecule has 0 rings (SSSR count). The molecule has 0 bridgehead atoms. The Labute approximate surface area is 99.8 Å². The van der Waals surface area contributed by atoms with Crippen molar-refractivity contribution in [2.45, 2.75) is 38.5 Å². The number of nitrogens with two attached hydrogens (primary N) is 2. The molecule has 0 aliphatic carbocycles. The van der Waals surface area contributed by atoms with E-state index in [2.05, 4.69) is 10.3 Å². The first-order valence-corrected chi connectivity index (χ1v) is 5.66. The highest BCUT2D eigenvalue weighted by Crippen LogP contribution is 2.14. The van der Waals surface area contributed by atoms with Crippen LogP contribution in [0.3, 0.4) is 0 Å². The molecule has 92 valence electrons.